The molecule has 1 N–H and O–H groups in total. The molecule has 0 radical (unpaired) electrons. The molecule has 0 spiro atoms. The first-order valence-electron chi connectivity index (χ1n) is 6.45. The minimum atomic E-state index is -0.306. The molecule has 1 aliphatic heterocycles. The van der Waals surface area contributed by atoms with Gasteiger partial charge in [0.25, 0.3) is 0 Å². The average Bonchev–Trinajstić information content (AvgIpc) is 2.51. The zero-order valence-corrected chi connectivity index (χ0v) is 12.4. The Balaban J connectivity index is 2.35. The lowest BCUT2D eigenvalue weighted by molar-refractivity contribution is 0.498. The van der Waals surface area contributed by atoms with Gasteiger partial charge in [0.05, 0.1) is 5.02 Å². The van der Waals surface area contributed by atoms with Gasteiger partial charge in [-0.15, -0.1) is 0 Å². The van der Waals surface area contributed by atoms with E-state index in [2.05, 4.69) is 19.2 Å². The molecule has 1 aromatic carbocycles. The zero-order chi connectivity index (χ0) is 13.1. The quantitative estimate of drug-likeness (QED) is 0.875. The lowest BCUT2D eigenvalue weighted by atomic mass is 9.97. The SMILES string of the molecule is CCCNC1CC(C)SCc2c1ccc(F)c2Cl. The summed E-state index contributed by atoms with van der Waals surface area (Å²) < 4.78 is 13.6. The van der Waals surface area contributed by atoms with Crippen molar-refractivity contribution < 1.29 is 4.39 Å². The van der Waals surface area contributed by atoms with Crippen LogP contribution >= 0.6 is 23.4 Å². The third kappa shape index (κ3) is 3.01. The molecule has 2 rings (SSSR count). The first-order valence-corrected chi connectivity index (χ1v) is 7.88. The van der Waals surface area contributed by atoms with Crippen LogP contribution in [0, 0.1) is 5.82 Å². The highest BCUT2D eigenvalue weighted by Crippen LogP contribution is 2.38. The van der Waals surface area contributed by atoms with Gasteiger partial charge in [-0.05, 0) is 36.6 Å². The Bertz CT molecular complexity index is 425. The molecule has 0 aromatic heterocycles. The van der Waals surface area contributed by atoms with Crippen molar-refractivity contribution in [2.24, 2.45) is 0 Å². The van der Waals surface area contributed by atoms with Crippen LogP contribution in [0.4, 0.5) is 4.39 Å². The summed E-state index contributed by atoms with van der Waals surface area (Å²) >= 11 is 7.97. The summed E-state index contributed by atoms with van der Waals surface area (Å²) in [5.41, 5.74) is 2.14. The molecule has 0 aliphatic carbocycles. The van der Waals surface area contributed by atoms with Gasteiger partial charge in [0.1, 0.15) is 5.82 Å². The number of benzene rings is 1. The Morgan fingerprint density at radius 1 is 1.50 bits per heavy atom. The second kappa shape index (κ2) is 6.27. The van der Waals surface area contributed by atoms with E-state index < -0.39 is 0 Å². The number of hydrogen-bond donors (Lipinski definition) is 1. The van der Waals surface area contributed by atoms with Crippen molar-refractivity contribution >= 4 is 23.4 Å². The van der Waals surface area contributed by atoms with Gasteiger partial charge < -0.3 is 5.32 Å². The smallest absolute Gasteiger partial charge is 0.142 e. The van der Waals surface area contributed by atoms with Crippen molar-refractivity contribution in [1.29, 1.82) is 0 Å². The second-order valence-electron chi connectivity index (χ2n) is 4.79. The average molecular weight is 288 g/mol. The Hall–Kier alpha value is -0.250. The largest absolute Gasteiger partial charge is 0.310 e. The van der Waals surface area contributed by atoms with Crippen LogP contribution < -0.4 is 5.32 Å². The maximum Gasteiger partial charge on any atom is 0.142 e. The number of thioether (sulfide) groups is 1. The minimum Gasteiger partial charge on any atom is -0.310 e. The van der Waals surface area contributed by atoms with Crippen LogP contribution in [0.2, 0.25) is 5.02 Å². The summed E-state index contributed by atoms with van der Waals surface area (Å²) in [6.07, 6.45) is 2.17. The molecule has 0 saturated carbocycles. The molecule has 0 fully saturated rings. The number of halogens is 2. The molecule has 0 amide bonds. The topological polar surface area (TPSA) is 12.0 Å². The lowest BCUT2D eigenvalue weighted by Gasteiger charge is -2.21. The maximum absolute atomic E-state index is 13.6. The summed E-state index contributed by atoms with van der Waals surface area (Å²) in [6, 6.07) is 3.67. The van der Waals surface area contributed by atoms with E-state index in [0.29, 0.717) is 16.3 Å². The highest BCUT2D eigenvalue weighted by molar-refractivity contribution is 7.99. The van der Waals surface area contributed by atoms with Crippen LogP contribution in [-0.4, -0.2) is 11.8 Å². The summed E-state index contributed by atoms with van der Waals surface area (Å²) in [5, 5.41) is 4.41. The van der Waals surface area contributed by atoms with E-state index in [1.807, 2.05) is 17.8 Å². The Kier molecular flexibility index (Phi) is 4.93. The second-order valence-corrected chi connectivity index (χ2v) is 6.60. The van der Waals surface area contributed by atoms with Gasteiger partial charge in [-0.25, -0.2) is 4.39 Å². The zero-order valence-electron chi connectivity index (χ0n) is 10.8. The molecule has 1 nitrogen and oxygen atoms in total. The highest BCUT2D eigenvalue weighted by Gasteiger charge is 2.24. The van der Waals surface area contributed by atoms with Crippen molar-refractivity contribution in [2.75, 3.05) is 6.54 Å². The third-order valence-corrected chi connectivity index (χ3v) is 4.95. The molecule has 4 heteroatoms. The summed E-state index contributed by atoms with van der Waals surface area (Å²) in [7, 11) is 0. The fourth-order valence-corrected chi connectivity index (χ4v) is 3.75. The van der Waals surface area contributed by atoms with Crippen molar-refractivity contribution in [2.45, 2.75) is 43.7 Å². The third-order valence-electron chi connectivity index (χ3n) is 3.33. The summed E-state index contributed by atoms with van der Waals surface area (Å²) in [4.78, 5) is 0. The van der Waals surface area contributed by atoms with E-state index >= 15 is 0 Å². The molecule has 2 atom stereocenters. The molecule has 2 unspecified atom stereocenters. The molecule has 1 aromatic rings. The molecular formula is C14H19ClFNS. The Morgan fingerprint density at radius 3 is 3.00 bits per heavy atom. The summed E-state index contributed by atoms with van der Waals surface area (Å²) in [6.45, 7) is 5.36. The van der Waals surface area contributed by atoms with E-state index in [0.717, 1.165) is 30.7 Å². The normalized spacial score (nSPS) is 23.6. The molecule has 1 aliphatic rings. The first-order chi connectivity index (χ1) is 8.63. The molecule has 100 valence electrons. The van der Waals surface area contributed by atoms with Gasteiger partial charge in [0.2, 0.25) is 0 Å². The van der Waals surface area contributed by atoms with Crippen LogP contribution in [0.3, 0.4) is 0 Å². The molecule has 0 bridgehead atoms. The van der Waals surface area contributed by atoms with Gasteiger partial charge in [-0.1, -0.05) is 31.5 Å². The van der Waals surface area contributed by atoms with E-state index in [9.17, 15) is 4.39 Å². The van der Waals surface area contributed by atoms with Crippen LogP contribution in [0.5, 0.6) is 0 Å². The Labute approximate surface area is 117 Å². The van der Waals surface area contributed by atoms with Crippen LogP contribution in [0.1, 0.15) is 43.9 Å². The van der Waals surface area contributed by atoms with E-state index in [-0.39, 0.29) is 5.82 Å². The number of rotatable bonds is 3. The van der Waals surface area contributed by atoms with Gasteiger partial charge in [0.15, 0.2) is 0 Å². The van der Waals surface area contributed by atoms with Crippen LogP contribution in [0.15, 0.2) is 12.1 Å². The van der Waals surface area contributed by atoms with Crippen molar-refractivity contribution in [3.8, 4) is 0 Å². The van der Waals surface area contributed by atoms with E-state index in [1.165, 1.54) is 11.6 Å². The molecular weight excluding hydrogens is 269 g/mol. The van der Waals surface area contributed by atoms with Gasteiger partial charge in [0, 0.05) is 17.0 Å². The highest BCUT2D eigenvalue weighted by atomic mass is 35.5. The van der Waals surface area contributed by atoms with E-state index in [1.54, 1.807) is 0 Å². The lowest BCUT2D eigenvalue weighted by Crippen LogP contribution is -2.24. The molecule has 1 heterocycles. The predicted molar refractivity (Wildman–Crippen MR) is 77.8 cm³/mol. The standard InChI is InChI=1S/C14H19ClFNS/c1-3-6-17-13-7-9(2)18-8-11-10(13)4-5-12(16)14(11)15/h4-5,9,13,17H,3,6-8H2,1-2H3. The monoisotopic (exact) mass is 287 g/mol. The maximum atomic E-state index is 13.6. The van der Waals surface area contributed by atoms with Crippen molar-refractivity contribution in [3.63, 3.8) is 0 Å². The number of hydrogen-bond acceptors (Lipinski definition) is 2. The molecule has 18 heavy (non-hydrogen) atoms. The number of fused-ring (bicyclic) bond motifs is 1. The predicted octanol–water partition coefficient (Wildman–Crippen LogP) is 4.55. The first kappa shape index (κ1) is 14.2. The van der Waals surface area contributed by atoms with Crippen LogP contribution in [-0.2, 0) is 5.75 Å². The van der Waals surface area contributed by atoms with Crippen LogP contribution in [0.25, 0.3) is 0 Å². The van der Waals surface area contributed by atoms with Crippen molar-refractivity contribution in [3.05, 3.63) is 34.1 Å². The Morgan fingerprint density at radius 2 is 2.28 bits per heavy atom. The fourth-order valence-electron chi connectivity index (χ4n) is 2.35. The van der Waals surface area contributed by atoms with Crippen molar-refractivity contribution in [1.82, 2.24) is 5.32 Å². The summed E-state index contributed by atoms with van der Waals surface area (Å²) in [5.74, 6) is 0.497. The minimum absolute atomic E-state index is 0.294. The van der Waals surface area contributed by atoms with E-state index in [4.69, 9.17) is 11.6 Å². The van der Waals surface area contributed by atoms with Gasteiger partial charge >= 0.3 is 0 Å². The van der Waals surface area contributed by atoms with Gasteiger partial charge in [-0.2, -0.15) is 11.8 Å². The molecule has 0 saturated heterocycles. The van der Waals surface area contributed by atoms with Gasteiger partial charge in [-0.3, -0.25) is 0 Å². The fraction of sp³-hybridized carbons (Fsp3) is 0.571. The number of nitrogens with one attached hydrogen (secondary N) is 1.